The maximum atomic E-state index is 12.3. The Morgan fingerprint density at radius 1 is 1.09 bits per heavy atom. The van der Waals surface area contributed by atoms with Crippen LogP contribution in [0.5, 0.6) is 0 Å². The number of nitriles is 1. The average Bonchev–Trinajstić information content (AvgIpc) is 3.43. The molecule has 5 rings (SSSR count). The number of carbonyl (C=O) groups is 1. The molecule has 0 N–H and O–H groups in total. The molecule has 0 saturated carbocycles. The molecule has 0 radical (unpaired) electrons. The Bertz CT molecular complexity index is 1590. The van der Waals surface area contributed by atoms with Gasteiger partial charge in [-0.25, -0.2) is 14.2 Å². The topological polar surface area (TPSA) is 115 Å². The summed E-state index contributed by atoms with van der Waals surface area (Å²) in [5.74, 6) is 0.247. The van der Waals surface area contributed by atoms with E-state index in [4.69, 9.17) is 4.98 Å². The van der Waals surface area contributed by atoms with Gasteiger partial charge in [-0.1, -0.05) is 11.8 Å². The standard InChI is InChI=1S/C24H18N8OS/c1-14-4-9-23(29-28-14)34-18-5-8-22-20(12-26-31(22)13-18)21-7-6-19(16(3)33)24(27-21)32-15(2)10-17(11-25)30-32/h4-10,12-13H,1-3H3. The van der Waals surface area contributed by atoms with Crippen LogP contribution < -0.4 is 0 Å². The van der Waals surface area contributed by atoms with Crippen LogP contribution in [0.25, 0.3) is 22.6 Å². The SMILES string of the molecule is CC(=O)c1ccc(-c2cnn3cc(Sc4ccc(C)nn4)ccc23)nc1-n1nc(C#N)cc1C. The number of hydrogen-bond acceptors (Lipinski definition) is 8. The van der Waals surface area contributed by atoms with Crippen molar-refractivity contribution in [2.75, 3.05) is 0 Å². The first-order valence-corrected chi connectivity index (χ1v) is 11.2. The molecule has 5 heterocycles. The fourth-order valence-electron chi connectivity index (χ4n) is 3.56. The quantitative estimate of drug-likeness (QED) is 0.354. The number of aromatic nitrogens is 7. The number of Topliss-reactive ketones (excluding diaryl/α,β-unsaturated/α-hetero) is 1. The van der Waals surface area contributed by atoms with E-state index in [2.05, 4.69) is 20.4 Å². The van der Waals surface area contributed by atoms with Gasteiger partial charge in [0, 0.05) is 22.3 Å². The molecule has 10 heteroatoms. The fourth-order valence-corrected chi connectivity index (χ4v) is 4.31. The lowest BCUT2D eigenvalue weighted by atomic mass is 10.1. The second-order valence-corrected chi connectivity index (χ2v) is 8.78. The molecule has 0 aliphatic carbocycles. The second kappa shape index (κ2) is 8.53. The Balaban J connectivity index is 1.55. The summed E-state index contributed by atoms with van der Waals surface area (Å²) in [6, 6.07) is 15.0. The zero-order valence-electron chi connectivity index (χ0n) is 18.6. The van der Waals surface area contributed by atoms with Gasteiger partial charge >= 0.3 is 0 Å². The van der Waals surface area contributed by atoms with E-state index >= 15 is 0 Å². The summed E-state index contributed by atoms with van der Waals surface area (Å²) in [6.45, 7) is 5.20. The molecular formula is C24H18N8OS. The van der Waals surface area contributed by atoms with E-state index in [0.29, 0.717) is 22.8 Å². The first-order valence-electron chi connectivity index (χ1n) is 10.4. The fraction of sp³-hybridized carbons (Fsp3) is 0.125. The third-order valence-electron chi connectivity index (χ3n) is 5.22. The lowest BCUT2D eigenvalue weighted by Gasteiger charge is -2.10. The maximum Gasteiger partial charge on any atom is 0.165 e. The van der Waals surface area contributed by atoms with Gasteiger partial charge in [-0.2, -0.15) is 20.6 Å². The lowest BCUT2D eigenvalue weighted by Crippen LogP contribution is -2.09. The molecule has 0 aliphatic heterocycles. The van der Waals surface area contributed by atoms with E-state index in [0.717, 1.165) is 26.7 Å². The van der Waals surface area contributed by atoms with Crippen molar-refractivity contribution in [2.45, 2.75) is 30.7 Å². The van der Waals surface area contributed by atoms with Crippen LogP contribution in [0.3, 0.4) is 0 Å². The van der Waals surface area contributed by atoms with Crippen LogP contribution in [0.4, 0.5) is 0 Å². The van der Waals surface area contributed by atoms with Crippen molar-refractivity contribution in [3.8, 4) is 23.1 Å². The number of ketones is 1. The summed E-state index contributed by atoms with van der Waals surface area (Å²) < 4.78 is 3.31. The molecule has 0 bridgehead atoms. The number of carbonyl (C=O) groups excluding carboxylic acids is 1. The van der Waals surface area contributed by atoms with Gasteiger partial charge in [-0.3, -0.25) is 4.79 Å². The van der Waals surface area contributed by atoms with Crippen LogP contribution in [0, 0.1) is 25.2 Å². The molecule has 0 aliphatic rings. The summed E-state index contributed by atoms with van der Waals surface area (Å²) in [7, 11) is 0. The molecule has 34 heavy (non-hydrogen) atoms. The van der Waals surface area contributed by atoms with Crippen molar-refractivity contribution >= 4 is 23.1 Å². The molecule has 5 aromatic rings. The van der Waals surface area contributed by atoms with Crippen LogP contribution >= 0.6 is 11.8 Å². The maximum absolute atomic E-state index is 12.3. The number of aryl methyl sites for hydroxylation is 2. The smallest absolute Gasteiger partial charge is 0.165 e. The van der Waals surface area contributed by atoms with E-state index in [-0.39, 0.29) is 11.5 Å². The van der Waals surface area contributed by atoms with Gasteiger partial charge < -0.3 is 0 Å². The van der Waals surface area contributed by atoms with E-state index < -0.39 is 0 Å². The van der Waals surface area contributed by atoms with Gasteiger partial charge in [0.25, 0.3) is 0 Å². The number of hydrogen-bond donors (Lipinski definition) is 0. The minimum Gasteiger partial charge on any atom is -0.294 e. The number of nitrogens with zero attached hydrogens (tertiary/aromatic N) is 8. The second-order valence-electron chi connectivity index (χ2n) is 7.69. The first-order chi connectivity index (χ1) is 16.4. The highest BCUT2D eigenvalue weighted by Gasteiger charge is 2.18. The molecule has 0 aromatic carbocycles. The Kier molecular flexibility index (Phi) is 5.39. The summed E-state index contributed by atoms with van der Waals surface area (Å²) in [5.41, 5.74) is 4.59. The van der Waals surface area contributed by atoms with Crippen LogP contribution in [0.2, 0.25) is 0 Å². The predicted octanol–water partition coefficient (Wildman–Crippen LogP) is 4.21. The van der Waals surface area contributed by atoms with Crippen molar-refractivity contribution in [2.24, 2.45) is 0 Å². The first kappa shape index (κ1) is 21.5. The zero-order chi connectivity index (χ0) is 23.8. The summed E-state index contributed by atoms with van der Waals surface area (Å²) in [5, 5.41) is 27.1. The Hall–Kier alpha value is -4.36. The number of fused-ring (bicyclic) bond motifs is 1. The molecular weight excluding hydrogens is 448 g/mol. The minimum atomic E-state index is -0.136. The summed E-state index contributed by atoms with van der Waals surface area (Å²) >= 11 is 1.50. The average molecular weight is 467 g/mol. The van der Waals surface area contributed by atoms with E-state index in [1.165, 1.54) is 23.4 Å². The van der Waals surface area contributed by atoms with Crippen LogP contribution in [0.15, 0.2) is 64.8 Å². The van der Waals surface area contributed by atoms with Crippen molar-refractivity contribution in [3.63, 3.8) is 0 Å². The predicted molar refractivity (Wildman–Crippen MR) is 126 cm³/mol. The number of pyridine rings is 2. The molecule has 0 saturated heterocycles. The molecule has 0 amide bonds. The Morgan fingerprint density at radius 2 is 1.94 bits per heavy atom. The van der Waals surface area contributed by atoms with Crippen LogP contribution in [-0.4, -0.2) is 40.4 Å². The third kappa shape index (κ3) is 3.93. The third-order valence-corrected chi connectivity index (χ3v) is 6.12. The highest BCUT2D eigenvalue weighted by Crippen LogP contribution is 2.30. The summed E-state index contributed by atoms with van der Waals surface area (Å²) in [6.07, 6.45) is 3.67. The van der Waals surface area contributed by atoms with Crippen molar-refractivity contribution in [3.05, 3.63) is 77.5 Å². The highest BCUT2D eigenvalue weighted by atomic mass is 32.2. The van der Waals surface area contributed by atoms with Crippen molar-refractivity contribution in [1.29, 1.82) is 5.26 Å². The largest absolute Gasteiger partial charge is 0.294 e. The molecule has 0 spiro atoms. The normalized spacial score (nSPS) is 11.0. The lowest BCUT2D eigenvalue weighted by molar-refractivity contribution is 0.101. The molecule has 0 atom stereocenters. The van der Waals surface area contributed by atoms with Gasteiger partial charge in [0.2, 0.25) is 0 Å². The van der Waals surface area contributed by atoms with Crippen molar-refractivity contribution in [1.82, 2.24) is 34.6 Å². The van der Waals surface area contributed by atoms with Gasteiger partial charge in [-0.05, 0) is 63.2 Å². The summed E-state index contributed by atoms with van der Waals surface area (Å²) in [4.78, 5) is 18.0. The molecule has 5 aromatic heterocycles. The van der Waals surface area contributed by atoms with Gasteiger partial charge in [0.15, 0.2) is 17.3 Å². The minimum absolute atomic E-state index is 0.136. The zero-order valence-corrected chi connectivity index (χ0v) is 19.4. The molecule has 9 nitrogen and oxygen atoms in total. The monoisotopic (exact) mass is 466 g/mol. The highest BCUT2D eigenvalue weighted by molar-refractivity contribution is 7.99. The van der Waals surface area contributed by atoms with Crippen LogP contribution in [-0.2, 0) is 0 Å². The van der Waals surface area contributed by atoms with Crippen molar-refractivity contribution < 1.29 is 4.79 Å². The van der Waals surface area contributed by atoms with E-state index in [1.807, 2.05) is 50.4 Å². The van der Waals surface area contributed by atoms with Crippen LogP contribution in [0.1, 0.15) is 34.4 Å². The van der Waals surface area contributed by atoms with Gasteiger partial charge in [-0.15, -0.1) is 5.10 Å². The number of rotatable bonds is 5. The van der Waals surface area contributed by atoms with E-state index in [9.17, 15) is 10.1 Å². The van der Waals surface area contributed by atoms with E-state index in [1.54, 1.807) is 28.9 Å². The molecule has 0 unspecified atom stereocenters. The molecule has 0 fully saturated rings. The Labute approximate surface area is 199 Å². The Morgan fingerprint density at radius 3 is 2.65 bits per heavy atom. The van der Waals surface area contributed by atoms with Gasteiger partial charge in [0.1, 0.15) is 11.1 Å². The van der Waals surface area contributed by atoms with Gasteiger partial charge in [0.05, 0.1) is 28.7 Å². The molecule has 166 valence electrons.